The van der Waals surface area contributed by atoms with Gasteiger partial charge >= 0.3 is 0 Å². The van der Waals surface area contributed by atoms with Crippen molar-refractivity contribution in [1.29, 1.82) is 0 Å². The Labute approximate surface area is 88.3 Å². The number of hydrogen-bond acceptors (Lipinski definition) is 2. The summed E-state index contributed by atoms with van der Waals surface area (Å²) >= 11 is 0. The molecule has 2 rings (SSSR count). The molecule has 0 radical (unpaired) electrons. The Bertz CT molecular complexity index is 159. The zero-order chi connectivity index (χ0) is 9.80. The van der Waals surface area contributed by atoms with Crippen molar-refractivity contribution in [1.82, 2.24) is 9.80 Å². The summed E-state index contributed by atoms with van der Waals surface area (Å²) < 4.78 is 0. The van der Waals surface area contributed by atoms with E-state index in [-0.39, 0.29) is 0 Å². The fourth-order valence-electron chi connectivity index (χ4n) is 2.81. The lowest BCUT2D eigenvalue weighted by Crippen LogP contribution is -2.31. The molecule has 0 aromatic rings. The van der Waals surface area contributed by atoms with Gasteiger partial charge in [-0.2, -0.15) is 0 Å². The second kappa shape index (κ2) is 5.13. The predicted octanol–water partition coefficient (Wildman–Crippen LogP) is 1.81. The highest BCUT2D eigenvalue weighted by atomic mass is 15.1. The molecule has 2 aliphatic rings. The van der Waals surface area contributed by atoms with E-state index in [1.165, 1.54) is 64.8 Å². The quantitative estimate of drug-likeness (QED) is 0.679. The van der Waals surface area contributed by atoms with Crippen molar-refractivity contribution in [3.8, 4) is 0 Å². The predicted molar refractivity (Wildman–Crippen MR) is 60.5 cm³/mol. The van der Waals surface area contributed by atoms with E-state index < -0.39 is 0 Å². The normalized spacial score (nSPS) is 31.1. The Kier molecular flexibility index (Phi) is 3.82. The van der Waals surface area contributed by atoms with Crippen molar-refractivity contribution in [2.24, 2.45) is 5.92 Å². The molecule has 2 fully saturated rings. The van der Waals surface area contributed by atoms with Crippen LogP contribution in [0, 0.1) is 5.92 Å². The molecule has 0 amide bonds. The van der Waals surface area contributed by atoms with Crippen LogP contribution in [0.2, 0.25) is 0 Å². The highest BCUT2D eigenvalue weighted by Crippen LogP contribution is 2.19. The molecule has 0 aliphatic carbocycles. The number of likely N-dealkylation sites (tertiary alicyclic amines) is 2. The first-order chi connectivity index (χ1) is 6.84. The minimum absolute atomic E-state index is 0.988. The summed E-state index contributed by atoms with van der Waals surface area (Å²) in [5.41, 5.74) is 0. The molecule has 0 saturated carbocycles. The first kappa shape index (κ1) is 10.4. The van der Waals surface area contributed by atoms with Crippen molar-refractivity contribution in [2.45, 2.75) is 32.1 Å². The van der Waals surface area contributed by atoms with Gasteiger partial charge in [0.05, 0.1) is 0 Å². The average molecular weight is 196 g/mol. The van der Waals surface area contributed by atoms with Gasteiger partial charge in [-0.25, -0.2) is 0 Å². The monoisotopic (exact) mass is 196 g/mol. The maximum absolute atomic E-state index is 2.67. The molecule has 0 aromatic heterocycles. The van der Waals surface area contributed by atoms with Gasteiger partial charge in [0, 0.05) is 6.54 Å². The van der Waals surface area contributed by atoms with Crippen molar-refractivity contribution in [3.63, 3.8) is 0 Å². The van der Waals surface area contributed by atoms with Crippen molar-refractivity contribution in [3.05, 3.63) is 0 Å². The third-order valence-corrected chi connectivity index (χ3v) is 3.79. The Morgan fingerprint density at radius 3 is 2.50 bits per heavy atom. The first-order valence-electron chi connectivity index (χ1n) is 6.25. The fourth-order valence-corrected chi connectivity index (χ4v) is 2.81. The Morgan fingerprint density at radius 2 is 1.86 bits per heavy atom. The summed E-state index contributed by atoms with van der Waals surface area (Å²) in [4.78, 5) is 5.14. The molecule has 0 bridgehead atoms. The Balaban J connectivity index is 1.61. The van der Waals surface area contributed by atoms with E-state index in [1.54, 1.807) is 0 Å². The molecular formula is C12H24N2. The van der Waals surface area contributed by atoms with E-state index in [4.69, 9.17) is 0 Å². The van der Waals surface area contributed by atoms with Crippen LogP contribution >= 0.6 is 0 Å². The van der Waals surface area contributed by atoms with E-state index in [1.807, 2.05) is 0 Å². The van der Waals surface area contributed by atoms with Gasteiger partial charge in [-0.1, -0.05) is 6.42 Å². The van der Waals surface area contributed by atoms with Crippen LogP contribution in [0.4, 0.5) is 0 Å². The summed E-state index contributed by atoms with van der Waals surface area (Å²) in [6, 6.07) is 0. The van der Waals surface area contributed by atoms with E-state index in [9.17, 15) is 0 Å². The van der Waals surface area contributed by atoms with Gasteiger partial charge in [-0.05, 0) is 64.8 Å². The lowest BCUT2D eigenvalue weighted by atomic mass is 10.0. The van der Waals surface area contributed by atoms with Gasteiger partial charge in [-0.3, -0.25) is 0 Å². The number of nitrogens with zero attached hydrogens (tertiary/aromatic N) is 2. The molecule has 2 heterocycles. The number of hydrogen-bond donors (Lipinski definition) is 0. The van der Waals surface area contributed by atoms with E-state index >= 15 is 0 Å². The molecule has 2 aliphatic heterocycles. The maximum atomic E-state index is 2.67. The second-order valence-corrected chi connectivity index (χ2v) is 5.11. The van der Waals surface area contributed by atoms with Gasteiger partial charge in [0.15, 0.2) is 0 Å². The van der Waals surface area contributed by atoms with Crippen molar-refractivity contribution in [2.75, 3.05) is 39.8 Å². The summed E-state index contributed by atoms with van der Waals surface area (Å²) in [6.07, 6.45) is 7.20. The molecule has 14 heavy (non-hydrogen) atoms. The number of piperidine rings is 1. The van der Waals surface area contributed by atoms with Gasteiger partial charge in [0.25, 0.3) is 0 Å². The minimum atomic E-state index is 0.988. The molecule has 2 nitrogen and oxygen atoms in total. The molecule has 82 valence electrons. The van der Waals surface area contributed by atoms with Crippen molar-refractivity contribution < 1.29 is 0 Å². The summed E-state index contributed by atoms with van der Waals surface area (Å²) in [5.74, 6) is 0.988. The topological polar surface area (TPSA) is 6.48 Å². The standard InChI is InChI=1S/C12H24N2/c1-13-9-5-12(11-13)6-10-14-7-3-2-4-8-14/h12H,2-11H2,1H3. The zero-order valence-corrected chi connectivity index (χ0v) is 9.54. The third kappa shape index (κ3) is 2.96. The highest BCUT2D eigenvalue weighted by molar-refractivity contribution is 4.75. The largest absolute Gasteiger partial charge is 0.306 e. The van der Waals surface area contributed by atoms with Crippen molar-refractivity contribution >= 4 is 0 Å². The van der Waals surface area contributed by atoms with E-state index in [0.29, 0.717) is 0 Å². The molecular weight excluding hydrogens is 172 g/mol. The highest BCUT2D eigenvalue weighted by Gasteiger charge is 2.20. The Morgan fingerprint density at radius 1 is 1.07 bits per heavy atom. The molecule has 2 heteroatoms. The van der Waals surface area contributed by atoms with Gasteiger partial charge < -0.3 is 9.80 Å². The summed E-state index contributed by atoms with van der Waals surface area (Å²) in [5, 5.41) is 0. The molecule has 1 unspecified atom stereocenters. The van der Waals surface area contributed by atoms with E-state index in [2.05, 4.69) is 16.8 Å². The molecule has 1 atom stereocenters. The summed E-state index contributed by atoms with van der Waals surface area (Å²) in [6.45, 7) is 6.75. The molecule has 2 saturated heterocycles. The van der Waals surface area contributed by atoms with Gasteiger partial charge in [-0.15, -0.1) is 0 Å². The maximum Gasteiger partial charge on any atom is 0.000756 e. The van der Waals surface area contributed by atoms with E-state index in [0.717, 1.165) is 5.92 Å². The SMILES string of the molecule is CN1CCC(CCN2CCCCC2)C1. The lowest BCUT2D eigenvalue weighted by molar-refractivity contribution is 0.213. The third-order valence-electron chi connectivity index (χ3n) is 3.79. The van der Waals surface area contributed by atoms with Crippen LogP contribution in [0.15, 0.2) is 0 Å². The van der Waals surface area contributed by atoms with Crippen LogP contribution < -0.4 is 0 Å². The molecule has 0 spiro atoms. The lowest BCUT2D eigenvalue weighted by Gasteiger charge is -2.27. The Hall–Kier alpha value is -0.0800. The minimum Gasteiger partial charge on any atom is -0.306 e. The summed E-state index contributed by atoms with van der Waals surface area (Å²) in [7, 11) is 2.25. The number of rotatable bonds is 3. The van der Waals surface area contributed by atoms with Crippen LogP contribution in [0.5, 0.6) is 0 Å². The van der Waals surface area contributed by atoms with Crippen LogP contribution in [0.3, 0.4) is 0 Å². The van der Waals surface area contributed by atoms with Gasteiger partial charge in [0.2, 0.25) is 0 Å². The smallest absolute Gasteiger partial charge is 0.000756 e. The zero-order valence-electron chi connectivity index (χ0n) is 9.54. The molecule has 0 N–H and O–H groups in total. The fraction of sp³-hybridized carbons (Fsp3) is 1.00. The first-order valence-corrected chi connectivity index (χ1v) is 6.25. The van der Waals surface area contributed by atoms with Crippen LogP contribution in [-0.4, -0.2) is 49.6 Å². The van der Waals surface area contributed by atoms with Gasteiger partial charge in [0.1, 0.15) is 0 Å². The average Bonchev–Trinajstić information content (AvgIpc) is 2.63. The van der Waals surface area contributed by atoms with Crippen LogP contribution in [-0.2, 0) is 0 Å². The van der Waals surface area contributed by atoms with Crippen LogP contribution in [0.1, 0.15) is 32.1 Å². The molecule has 0 aromatic carbocycles. The second-order valence-electron chi connectivity index (χ2n) is 5.11. The van der Waals surface area contributed by atoms with Crippen LogP contribution in [0.25, 0.3) is 0 Å².